The molecule has 5 nitrogen and oxygen atoms in total. The highest BCUT2D eigenvalue weighted by atomic mass is 16.5. The lowest BCUT2D eigenvalue weighted by Gasteiger charge is -2.17. The van der Waals surface area contributed by atoms with Crippen molar-refractivity contribution < 1.29 is 14.3 Å². The van der Waals surface area contributed by atoms with E-state index in [1.54, 1.807) is 60.5 Å². The maximum absolute atomic E-state index is 12.8. The number of carbonyl (C=O) groups is 2. The topological polar surface area (TPSA) is 58.6 Å². The van der Waals surface area contributed by atoms with Crippen LogP contribution in [0.3, 0.4) is 0 Å². The van der Waals surface area contributed by atoms with Gasteiger partial charge in [-0.15, -0.1) is 0 Å². The highest BCUT2D eigenvalue weighted by Crippen LogP contribution is 2.19. The van der Waals surface area contributed by atoms with E-state index < -0.39 is 0 Å². The number of amides is 2. The summed E-state index contributed by atoms with van der Waals surface area (Å²) in [6.07, 6.45) is 0.927. The second-order valence-electron chi connectivity index (χ2n) is 6.61. The lowest BCUT2D eigenvalue weighted by Crippen LogP contribution is -2.26. The Morgan fingerprint density at radius 2 is 1.62 bits per heavy atom. The van der Waals surface area contributed by atoms with Crippen LogP contribution in [0.5, 0.6) is 5.75 Å². The minimum Gasteiger partial charge on any atom is -0.494 e. The number of rotatable bonds is 7. The molecule has 0 aliphatic rings. The summed E-state index contributed by atoms with van der Waals surface area (Å²) in [5, 5.41) is 2.84. The Morgan fingerprint density at radius 1 is 0.897 bits per heavy atom. The molecule has 0 saturated carbocycles. The van der Waals surface area contributed by atoms with Crippen LogP contribution in [-0.2, 0) is 0 Å². The fourth-order valence-corrected chi connectivity index (χ4v) is 2.82. The van der Waals surface area contributed by atoms with E-state index in [1.807, 2.05) is 37.3 Å². The number of hydrogen-bond acceptors (Lipinski definition) is 3. The Morgan fingerprint density at radius 3 is 2.31 bits per heavy atom. The quantitative estimate of drug-likeness (QED) is 0.619. The van der Waals surface area contributed by atoms with E-state index in [-0.39, 0.29) is 11.8 Å². The lowest BCUT2D eigenvalue weighted by atomic mass is 10.1. The van der Waals surface area contributed by atoms with Crippen LogP contribution in [0.4, 0.5) is 11.4 Å². The fourth-order valence-electron chi connectivity index (χ4n) is 2.82. The van der Waals surface area contributed by atoms with E-state index in [0.717, 1.165) is 17.9 Å². The lowest BCUT2D eigenvalue weighted by molar-refractivity contribution is 0.0990. The number of ether oxygens (including phenoxy) is 1. The number of nitrogens with zero attached hydrogens (tertiary/aromatic N) is 1. The summed E-state index contributed by atoms with van der Waals surface area (Å²) < 4.78 is 5.54. The average Bonchev–Trinajstić information content (AvgIpc) is 2.77. The van der Waals surface area contributed by atoms with Gasteiger partial charge in [0.2, 0.25) is 0 Å². The first kappa shape index (κ1) is 20.1. The monoisotopic (exact) mass is 388 g/mol. The van der Waals surface area contributed by atoms with Crippen molar-refractivity contribution in [2.75, 3.05) is 23.9 Å². The maximum atomic E-state index is 12.8. The van der Waals surface area contributed by atoms with Gasteiger partial charge in [0.25, 0.3) is 11.8 Å². The van der Waals surface area contributed by atoms with Crippen LogP contribution in [-0.4, -0.2) is 25.5 Å². The molecule has 148 valence electrons. The van der Waals surface area contributed by atoms with Crippen LogP contribution < -0.4 is 15.0 Å². The van der Waals surface area contributed by atoms with Gasteiger partial charge >= 0.3 is 0 Å². The largest absolute Gasteiger partial charge is 0.494 e. The van der Waals surface area contributed by atoms with Crippen molar-refractivity contribution in [1.82, 2.24) is 0 Å². The first-order valence-electron chi connectivity index (χ1n) is 9.56. The van der Waals surface area contributed by atoms with Gasteiger partial charge in [-0.3, -0.25) is 9.59 Å². The number of para-hydroxylation sites is 1. The fraction of sp³-hybridized carbons (Fsp3) is 0.167. The van der Waals surface area contributed by atoms with Gasteiger partial charge in [0, 0.05) is 29.5 Å². The van der Waals surface area contributed by atoms with E-state index in [4.69, 9.17) is 4.74 Å². The summed E-state index contributed by atoms with van der Waals surface area (Å²) in [5.41, 5.74) is 2.38. The van der Waals surface area contributed by atoms with Crippen molar-refractivity contribution in [3.8, 4) is 5.75 Å². The standard InChI is InChI=1S/C24H24N2O3/c1-3-16-29-22-14-12-18(13-15-22)23(27)25-20-9-7-8-19(17-20)24(28)26(2)21-10-5-4-6-11-21/h4-15,17H,3,16H2,1-2H3,(H,25,27). The minimum atomic E-state index is -0.243. The summed E-state index contributed by atoms with van der Waals surface area (Å²) in [5.74, 6) is 0.345. The van der Waals surface area contributed by atoms with Crippen LogP contribution in [0.25, 0.3) is 0 Å². The van der Waals surface area contributed by atoms with Gasteiger partial charge in [0.15, 0.2) is 0 Å². The molecule has 0 bridgehead atoms. The minimum absolute atomic E-state index is 0.148. The molecule has 5 heteroatoms. The van der Waals surface area contributed by atoms with Gasteiger partial charge in [-0.05, 0) is 61.0 Å². The molecule has 0 unspecified atom stereocenters. The molecule has 0 radical (unpaired) electrons. The molecule has 0 saturated heterocycles. The molecule has 3 rings (SSSR count). The Kier molecular flexibility index (Phi) is 6.63. The number of hydrogen-bond donors (Lipinski definition) is 1. The van der Waals surface area contributed by atoms with Gasteiger partial charge < -0.3 is 15.0 Å². The second kappa shape index (κ2) is 9.55. The molecule has 0 fully saturated rings. The van der Waals surface area contributed by atoms with Gasteiger partial charge in [-0.2, -0.15) is 0 Å². The third-order valence-electron chi connectivity index (χ3n) is 4.40. The van der Waals surface area contributed by atoms with Gasteiger partial charge in [0.05, 0.1) is 6.61 Å². The van der Waals surface area contributed by atoms with Crippen molar-refractivity contribution in [2.24, 2.45) is 0 Å². The molecule has 0 atom stereocenters. The van der Waals surface area contributed by atoms with Gasteiger partial charge in [-0.1, -0.05) is 31.2 Å². The van der Waals surface area contributed by atoms with Crippen LogP contribution in [0.1, 0.15) is 34.1 Å². The van der Waals surface area contributed by atoms with Crippen molar-refractivity contribution in [2.45, 2.75) is 13.3 Å². The molecule has 0 aliphatic carbocycles. The van der Waals surface area contributed by atoms with Crippen molar-refractivity contribution in [1.29, 1.82) is 0 Å². The maximum Gasteiger partial charge on any atom is 0.258 e. The highest BCUT2D eigenvalue weighted by molar-refractivity contribution is 6.08. The summed E-state index contributed by atoms with van der Waals surface area (Å²) in [7, 11) is 1.73. The molecule has 0 heterocycles. The number of carbonyl (C=O) groups excluding carboxylic acids is 2. The molecule has 1 N–H and O–H groups in total. The predicted octanol–water partition coefficient (Wildman–Crippen LogP) is 5.00. The third kappa shape index (κ3) is 5.23. The number of nitrogens with one attached hydrogen (secondary N) is 1. The Hall–Kier alpha value is -3.60. The zero-order chi connectivity index (χ0) is 20.6. The predicted molar refractivity (Wildman–Crippen MR) is 116 cm³/mol. The summed E-state index contributed by atoms with van der Waals surface area (Å²) in [6.45, 7) is 2.68. The summed E-state index contributed by atoms with van der Waals surface area (Å²) >= 11 is 0. The van der Waals surface area contributed by atoms with E-state index in [9.17, 15) is 9.59 Å². The molecular weight excluding hydrogens is 364 g/mol. The zero-order valence-corrected chi connectivity index (χ0v) is 16.6. The second-order valence-corrected chi connectivity index (χ2v) is 6.61. The molecule has 0 aromatic heterocycles. The normalized spacial score (nSPS) is 10.3. The number of benzene rings is 3. The van der Waals surface area contributed by atoms with Crippen LogP contribution in [0.2, 0.25) is 0 Å². The summed E-state index contributed by atoms with van der Waals surface area (Å²) in [6, 6.07) is 23.3. The van der Waals surface area contributed by atoms with E-state index in [2.05, 4.69) is 5.32 Å². The summed E-state index contributed by atoms with van der Waals surface area (Å²) in [4.78, 5) is 26.9. The molecule has 2 amide bonds. The smallest absolute Gasteiger partial charge is 0.258 e. The molecule has 0 aliphatic heterocycles. The van der Waals surface area contributed by atoms with Crippen molar-refractivity contribution >= 4 is 23.2 Å². The van der Waals surface area contributed by atoms with Crippen molar-refractivity contribution in [3.05, 3.63) is 90.0 Å². The van der Waals surface area contributed by atoms with Crippen LogP contribution in [0.15, 0.2) is 78.9 Å². The van der Waals surface area contributed by atoms with Crippen molar-refractivity contribution in [3.63, 3.8) is 0 Å². The van der Waals surface area contributed by atoms with E-state index >= 15 is 0 Å². The molecule has 3 aromatic rings. The highest BCUT2D eigenvalue weighted by Gasteiger charge is 2.14. The Bertz CT molecular complexity index is 969. The van der Waals surface area contributed by atoms with Gasteiger partial charge in [0.1, 0.15) is 5.75 Å². The van der Waals surface area contributed by atoms with Crippen LogP contribution in [0, 0.1) is 0 Å². The third-order valence-corrected chi connectivity index (χ3v) is 4.40. The average molecular weight is 388 g/mol. The first-order valence-corrected chi connectivity index (χ1v) is 9.56. The molecular formula is C24H24N2O3. The molecule has 0 spiro atoms. The number of anilines is 2. The first-order chi connectivity index (χ1) is 14.1. The van der Waals surface area contributed by atoms with E-state index in [1.165, 1.54) is 0 Å². The molecule has 29 heavy (non-hydrogen) atoms. The van der Waals surface area contributed by atoms with E-state index in [0.29, 0.717) is 23.4 Å². The zero-order valence-electron chi connectivity index (χ0n) is 16.6. The SMILES string of the molecule is CCCOc1ccc(C(=O)Nc2cccc(C(=O)N(C)c3ccccc3)c2)cc1. The molecule has 3 aromatic carbocycles. The Balaban J connectivity index is 1.69. The van der Waals surface area contributed by atoms with Crippen LogP contribution >= 0.6 is 0 Å². The Labute approximate surface area is 170 Å². The van der Waals surface area contributed by atoms with Gasteiger partial charge in [-0.25, -0.2) is 0 Å².